The molecule has 0 bridgehead atoms. The van der Waals surface area contributed by atoms with E-state index in [1.165, 1.54) is 11.1 Å². The minimum Gasteiger partial charge on any atom is -0.0843 e. The highest BCUT2D eigenvalue weighted by Gasteiger charge is 1.99. The van der Waals surface area contributed by atoms with Crippen LogP contribution in [0.3, 0.4) is 0 Å². The summed E-state index contributed by atoms with van der Waals surface area (Å²) in [4.78, 5) is 0. The van der Waals surface area contributed by atoms with Gasteiger partial charge in [-0.1, -0.05) is 42.0 Å². The smallest absolute Gasteiger partial charge is 0.0408 e. The van der Waals surface area contributed by atoms with E-state index >= 15 is 0 Å². The molecule has 2 rings (SSSR count). The quantitative estimate of drug-likeness (QED) is 0.666. The molecule has 1 aliphatic carbocycles. The van der Waals surface area contributed by atoms with Gasteiger partial charge in [0.2, 0.25) is 0 Å². The summed E-state index contributed by atoms with van der Waals surface area (Å²) < 4.78 is 0. The Hall–Kier alpha value is -1.01. The van der Waals surface area contributed by atoms with E-state index in [4.69, 9.17) is 11.6 Å². The van der Waals surface area contributed by atoms with E-state index in [-0.39, 0.29) is 0 Å². The highest BCUT2D eigenvalue weighted by atomic mass is 35.5. The molecular weight excluding hydrogens is 180 g/mol. The zero-order valence-corrected chi connectivity index (χ0v) is 8.09. The topological polar surface area (TPSA) is 0 Å². The van der Waals surface area contributed by atoms with E-state index in [1.807, 2.05) is 18.2 Å². The summed E-state index contributed by atoms with van der Waals surface area (Å²) >= 11 is 5.89. The van der Waals surface area contributed by atoms with Crippen molar-refractivity contribution < 1.29 is 0 Å². The Labute approximate surface area is 83.5 Å². The third-order valence-electron chi connectivity index (χ3n) is 2.15. The summed E-state index contributed by atoms with van der Waals surface area (Å²) in [6.07, 6.45) is 8.69. The van der Waals surface area contributed by atoms with Crippen molar-refractivity contribution in [3.8, 4) is 0 Å². The molecule has 0 unspecified atom stereocenters. The van der Waals surface area contributed by atoms with Crippen LogP contribution in [0.25, 0.3) is 0 Å². The largest absolute Gasteiger partial charge is 0.0843 e. The van der Waals surface area contributed by atoms with Crippen LogP contribution in [0.1, 0.15) is 12.0 Å². The lowest BCUT2D eigenvalue weighted by Crippen LogP contribution is -1.85. The fourth-order valence-corrected chi connectivity index (χ4v) is 1.73. The Balaban J connectivity index is 2.13. The van der Waals surface area contributed by atoms with Gasteiger partial charge in [0.15, 0.2) is 0 Å². The van der Waals surface area contributed by atoms with Crippen LogP contribution in [0.4, 0.5) is 0 Å². The van der Waals surface area contributed by atoms with Gasteiger partial charge in [-0.2, -0.15) is 0 Å². The second-order valence-corrected chi connectivity index (χ2v) is 3.66. The van der Waals surface area contributed by atoms with Crippen molar-refractivity contribution in [1.29, 1.82) is 0 Å². The van der Waals surface area contributed by atoms with Crippen molar-refractivity contribution in [3.63, 3.8) is 0 Å². The lowest BCUT2D eigenvalue weighted by Gasteiger charge is -2.00. The van der Waals surface area contributed by atoms with Crippen molar-refractivity contribution in [2.24, 2.45) is 0 Å². The SMILES string of the molecule is Clc1cccc(CC2=CCC=C2)c1. The van der Waals surface area contributed by atoms with E-state index in [0.29, 0.717) is 0 Å². The summed E-state index contributed by atoms with van der Waals surface area (Å²) in [6, 6.07) is 8.04. The molecule has 66 valence electrons. The zero-order chi connectivity index (χ0) is 9.10. The molecule has 0 aromatic heterocycles. The lowest BCUT2D eigenvalue weighted by atomic mass is 10.1. The molecule has 0 N–H and O–H groups in total. The number of halogens is 1. The van der Waals surface area contributed by atoms with Crippen molar-refractivity contribution in [3.05, 3.63) is 58.7 Å². The van der Waals surface area contributed by atoms with Crippen molar-refractivity contribution in [2.75, 3.05) is 0 Å². The molecule has 0 saturated heterocycles. The second-order valence-electron chi connectivity index (χ2n) is 3.22. The summed E-state index contributed by atoms with van der Waals surface area (Å²) in [5.41, 5.74) is 2.67. The van der Waals surface area contributed by atoms with Crippen LogP contribution in [-0.4, -0.2) is 0 Å². The molecule has 13 heavy (non-hydrogen) atoms. The Bertz CT molecular complexity index is 361. The summed E-state index contributed by atoms with van der Waals surface area (Å²) in [5.74, 6) is 0. The van der Waals surface area contributed by atoms with Gasteiger partial charge in [0.05, 0.1) is 0 Å². The molecule has 1 aromatic rings. The van der Waals surface area contributed by atoms with Gasteiger partial charge < -0.3 is 0 Å². The summed E-state index contributed by atoms with van der Waals surface area (Å²) in [5, 5.41) is 0.820. The first-order valence-corrected chi connectivity index (χ1v) is 4.82. The first-order valence-electron chi connectivity index (χ1n) is 4.44. The summed E-state index contributed by atoms with van der Waals surface area (Å²) in [6.45, 7) is 0. The molecule has 1 aromatic carbocycles. The molecule has 0 amide bonds. The number of hydrogen-bond acceptors (Lipinski definition) is 0. The average Bonchev–Trinajstić information content (AvgIpc) is 2.57. The Morgan fingerprint density at radius 1 is 1.31 bits per heavy atom. The first-order chi connectivity index (χ1) is 6.34. The van der Waals surface area contributed by atoms with Gasteiger partial charge in [-0.3, -0.25) is 0 Å². The molecule has 0 saturated carbocycles. The average molecular weight is 191 g/mol. The van der Waals surface area contributed by atoms with Gasteiger partial charge in [0, 0.05) is 5.02 Å². The minimum absolute atomic E-state index is 0.820. The van der Waals surface area contributed by atoms with Crippen molar-refractivity contribution in [2.45, 2.75) is 12.8 Å². The van der Waals surface area contributed by atoms with Crippen LogP contribution in [0.2, 0.25) is 5.02 Å². The standard InChI is InChI=1S/C12H11Cl/c13-12-7-3-6-11(9-12)8-10-4-1-2-5-10/h1,3-7,9H,2,8H2. The maximum absolute atomic E-state index is 5.89. The van der Waals surface area contributed by atoms with Gasteiger partial charge in [0.25, 0.3) is 0 Å². The molecule has 0 fully saturated rings. The van der Waals surface area contributed by atoms with Crippen LogP contribution in [0.15, 0.2) is 48.1 Å². The Morgan fingerprint density at radius 2 is 2.23 bits per heavy atom. The number of hydrogen-bond donors (Lipinski definition) is 0. The molecule has 0 radical (unpaired) electrons. The van der Waals surface area contributed by atoms with Crippen LogP contribution >= 0.6 is 11.6 Å². The Morgan fingerprint density at radius 3 is 2.92 bits per heavy atom. The third-order valence-corrected chi connectivity index (χ3v) is 2.38. The van der Waals surface area contributed by atoms with Gasteiger partial charge in [-0.05, 0) is 36.1 Å². The number of benzene rings is 1. The molecule has 1 heteroatoms. The van der Waals surface area contributed by atoms with Gasteiger partial charge in [0.1, 0.15) is 0 Å². The fourth-order valence-electron chi connectivity index (χ4n) is 1.52. The molecule has 0 nitrogen and oxygen atoms in total. The van der Waals surface area contributed by atoms with Crippen LogP contribution in [-0.2, 0) is 6.42 Å². The maximum Gasteiger partial charge on any atom is 0.0408 e. The highest BCUT2D eigenvalue weighted by Crippen LogP contribution is 2.17. The van der Waals surface area contributed by atoms with Crippen molar-refractivity contribution >= 4 is 11.6 Å². The van der Waals surface area contributed by atoms with E-state index in [0.717, 1.165) is 17.9 Å². The monoisotopic (exact) mass is 190 g/mol. The maximum atomic E-state index is 5.89. The second kappa shape index (κ2) is 3.80. The molecule has 0 spiro atoms. The van der Waals surface area contributed by atoms with E-state index < -0.39 is 0 Å². The molecule has 0 atom stereocenters. The van der Waals surface area contributed by atoms with E-state index in [2.05, 4.69) is 24.3 Å². The number of allylic oxidation sites excluding steroid dienone is 4. The van der Waals surface area contributed by atoms with Crippen LogP contribution in [0, 0.1) is 0 Å². The normalized spacial score (nSPS) is 14.7. The van der Waals surface area contributed by atoms with Crippen LogP contribution in [0.5, 0.6) is 0 Å². The van der Waals surface area contributed by atoms with E-state index in [1.54, 1.807) is 0 Å². The minimum atomic E-state index is 0.820. The van der Waals surface area contributed by atoms with Gasteiger partial charge in [-0.25, -0.2) is 0 Å². The van der Waals surface area contributed by atoms with Gasteiger partial charge >= 0.3 is 0 Å². The lowest BCUT2D eigenvalue weighted by molar-refractivity contribution is 1.20. The molecule has 0 aliphatic heterocycles. The van der Waals surface area contributed by atoms with E-state index in [9.17, 15) is 0 Å². The molecule has 1 aliphatic rings. The highest BCUT2D eigenvalue weighted by molar-refractivity contribution is 6.30. The Kier molecular flexibility index (Phi) is 2.51. The molecule has 0 heterocycles. The number of rotatable bonds is 2. The fraction of sp³-hybridized carbons (Fsp3) is 0.167. The van der Waals surface area contributed by atoms with Crippen molar-refractivity contribution in [1.82, 2.24) is 0 Å². The predicted octanol–water partition coefficient (Wildman–Crippen LogP) is 3.77. The summed E-state index contributed by atoms with van der Waals surface area (Å²) in [7, 11) is 0. The predicted molar refractivity (Wildman–Crippen MR) is 57.0 cm³/mol. The third kappa shape index (κ3) is 2.22. The van der Waals surface area contributed by atoms with Crippen LogP contribution < -0.4 is 0 Å². The first kappa shape index (κ1) is 8.58. The van der Waals surface area contributed by atoms with Gasteiger partial charge in [-0.15, -0.1) is 0 Å². The molecular formula is C12H11Cl. The zero-order valence-electron chi connectivity index (χ0n) is 7.33.